The molecule has 6 unspecified atom stereocenters. The number of carbonyl (C=O) groups is 3. The van der Waals surface area contributed by atoms with Gasteiger partial charge in [0.25, 0.3) is 0 Å². The first-order valence-corrected chi connectivity index (χ1v) is 19.9. The van der Waals surface area contributed by atoms with E-state index in [1.165, 1.54) is 11.3 Å². The number of rotatable bonds is 9. The van der Waals surface area contributed by atoms with Crippen LogP contribution >= 0.6 is 11.3 Å². The Hall–Kier alpha value is -6.36. The molecule has 11 nitrogen and oxygen atoms in total. The molecule has 2 saturated heterocycles. The fraction of sp³-hybridized carbons (Fsp3) is 0.217. The molecule has 6 aromatic rings. The lowest BCUT2D eigenvalue weighted by molar-refractivity contribution is -0.177. The molecular weight excluding hydrogens is 753 g/mol. The molecular formula is C46H38N4O7S. The minimum atomic E-state index is -1.79. The Balaban J connectivity index is 1.34. The first-order chi connectivity index (χ1) is 28.4. The van der Waals surface area contributed by atoms with E-state index in [4.69, 9.17) is 14.5 Å². The van der Waals surface area contributed by atoms with E-state index >= 15 is 14.4 Å². The lowest BCUT2D eigenvalue weighted by Crippen LogP contribution is -2.53. The number of ether oxygens (including phenoxy) is 2. The van der Waals surface area contributed by atoms with E-state index in [0.717, 1.165) is 15.8 Å². The summed E-state index contributed by atoms with van der Waals surface area (Å²) < 4.78 is 13.6. The van der Waals surface area contributed by atoms with Crippen molar-refractivity contribution < 1.29 is 34.1 Å². The number of para-hydroxylation sites is 2. The highest BCUT2D eigenvalue weighted by atomic mass is 32.1. The van der Waals surface area contributed by atoms with Gasteiger partial charge in [-0.05, 0) is 53.1 Å². The normalized spacial score (nSPS) is 23.4. The van der Waals surface area contributed by atoms with Gasteiger partial charge in [0.05, 0.1) is 41.4 Å². The smallest absolute Gasteiger partial charge is 0.324 e. The monoisotopic (exact) mass is 790 g/mol. The van der Waals surface area contributed by atoms with Crippen LogP contribution in [0.1, 0.15) is 52.4 Å². The van der Waals surface area contributed by atoms with Crippen LogP contribution in [0.5, 0.6) is 5.75 Å². The van der Waals surface area contributed by atoms with Crippen LogP contribution in [0.2, 0.25) is 0 Å². The van der Waals surface area contributed by atoms with Crippen LogP contribution in [0.15, 0.2) is 127 Å². The SMILES string of the molecule is O=C1OC(c2ccccc2)C(c2ccccc2)N2C1C(C(=O)Nc1nc3ccccc3s1)C1(C(=O)Nc3ccc(C#CCCO)cc31)C2c1ccccc1OCCO. The van der Waals surface area contributed by atoms with E-state index in [0.29, 0.717) is 38.8 Å². The number of anilines is 2. The number of aromatic nitrogens is 1. The van der Waals surface area contributed by atoms with E-state index in [1.807, 2.05) is 102 Å². The predicted octanol–water partition coefficient (Wildman–Crippen LogP) is 6.31. The third-order valence-electron chi connectivity index (χ3n) is 11.1. The summed E-state index contributed by atoms with van der Waals surface area (Å²) in [5.41, 5.74) is 2.50. The molecule has 0 aliphatic carbocycles. The van der Waals surface area contributed by atoms with Gasteiger partial charge in [0.1, 0.15) is 29.9 Å². The van der Waals surface area contributed by atoms with Gasteiger partial charge in [-0.3, -0.25) is 19.3 Å². The van der Waals surface area contributed by atoms with Crippen molar-refractivity contribution in [3.63, 3.8) is 0 Å². The molecule has 6 atom stereocenters. The Morgan fingerprint density at radius 2 is 1.60 bits per heavy atom. The molecule has 2 fully saturated rings. The number of esters is 1. The first-order valence-electron chi connectivity index (χ1n) is 19.1. The predicted molar refractivity (Wildman–Crippen MR) is 219 cm³/mol. The number of morpholine rings is 1. The van der Waals surface area contributed by atoms with Gasteiger partial charge < -0.3 is 30.3 Å². The minimum absolute atomic E-state index is 0.0359. The van der Waals surface area contributed by atoms with Crippen molar-refractivity contribution in [1.29, 1.82) is 0 Å². The number of carbonyl (C=O) groups excluding carboxylic acids is 3. The Morgan fingerprint density at radius 1 is 0.879 bits per heavy atom. The van der Waals surface area contributed by atoms with Gasteiger partial charge in [0.2, 0.25) is 11.8 Å². The van der Waals surface area contributed by atoms with Gasteiger partial charge in [-0.2, -0.15) is 0 Å². The summed E-state index contributed by atoms with van der Waals surface area (Å²) in [5.74, 6) is 3.34. The number of thiazole rings is 1. The molecule has 3 aliphatic heterocycles. The third kappa shape index (κ3) is 6.20. The Labute approximate surface area is 338 Å². The molecule has 1 spiro atoms. The molecule has 12 heteroatoms. The Morgan fingerprint density at radius 3 is 2.36 bits per heavy atom. The van der Waals surface area contributed by atoms with Crippen LogP contribution in [0.3, 0.4) is 0 Å². The molecule has 1 aromatic heterocycles. The first kappa shape index (κ1) is 37.2. The van der Waals surface area contributed by atoms with Gasteiger partial charge in [0, 0.05) is 23.2 Å². The lowest BCUT2D eigenvalue weighted by Gasteiger charge is -2.46. The van der Waals surface area contributed by atoms with Crippen molar-refractivity contribution in [3.05, 3.63) is 155 Å². The number of aliphatic hydroxyl groups is 2. The number of nitrogens with zero attached hydrogens (tertiary/aromatic N) is 2. The van der Waals surface area contributed by atoms with E-state index in [1.54, 1.807) is 30.3 Å². The van der Waals surface area contributed by atoms with Crippen molar-refractivity contribution in [3.8, 4) is 17.6 Å². The molecule has 4 heterocycles. The molecule has 4 N–H and O–H groups in total. The van der Waals surface area contributed by atoms with Crippen LogP contribution in [0.4, 0.5) is 10.8 Å². The molecule has 3 aliphatic rings. The Kier molecular flexibility index (Phi) is 9.97. The number of fused-ring (bicyclic) bond motifs is 4. The highest BCUT2D eigenvalue weighted by molar-refractivity contribution is 7.22. The average molecular weight is 791 g/mol. The highest BCUT2D eigenvalue weighted by Crippen LogP contribution is 2.65. The van der Waals surface area contributed by atoms with Crippen molar-refractivity contribution in [2.45, 2.75) is 36.1 Å². The number of aliphatic hydroxyl groups excluding tert-OH is 2. The fourth-order valence-corrected chi connectivity index (χ4v) is 9.83. The van der Waals surface area contributed by atoms with Crippen molar-refractivity contribution in [2.75, 3.05) is 30.5 Å². The highest BCUT2D eigenvalue weighted by Gasteiger charge is 2.74. The van der Waals surface area contributed by atoms with Gasteiger partial charge in [-0.1, -0.05) is 114 Å². The zero-order valence-electron chi connectivity index (χ0n) is 31.1. The Bertz CT molecular complexity index is 2560. The number of benzene rings is 5. The molecule has 9 rings (SSSR count). The number of amides is 2. The average Bonchev–Trinajstić information content (AvgIpc) is 3.90. The van der Waals surface area contributed by atoms with Crippen molar-refractivity contribution in [2.24, 2.45) is 5.92 Å². The third-order valence-corrected chi connectivity index (χ3v) is 12.1. The van der Waals surface area contributed by atoms with E-state index in [2.05, 4.69) is 22.5 Å². The molecule has 2 amide bonds. The standard InChI is InChI=1S/C46H38N4O7S/c51-24-12-11-13-28-22-23-33-32(27-28)46(44(55)47-33)37(42(53)49-45-48-34-19-8-10-21-36(34)58-45)39-43(54)57-40(30-16-5-2-6-17-30)38(29-14-3-1-4-15-29)50(39)41(46)31-18-7-9-20-35(31)56-26-25-52/h1-10,14-23,27,37-41,51-52H,12,24-26H2,(H,47,55)(H,48,49,53). The second-order valence-corrected chi connectivity index (χ2v) is 15.4. The van der Waals surface area contributed by atoms with E-state index < -0.39 is 53.3 Å². The summed E-state index contributed by atoms with van der Waals surface area (Å²) in [6.45, 7) is -0.422. The molecule has 0 saturated carbocycles. The molecule has 0 radical (unpaired) electrons. The number of hydrogen-bond acceptors (Lipinski definition) is 10. The van der Waals surface area contributed by atoms with Crippen LogP contribution in [-0.4, -0.2) is 63.7 Å². The topological polar surface area (TPSA) is 150 Å². The second kappa shape index (κ2) is 15.5. The zero-order chi connectivity index (χ0) is 39.8. The van der Waals surface area contributed by atoms with Gasteiger partial charge in [0.15, 0.2) is 5.13 Å². The summed E-state index contributed by atoms with van der Waals surface area (Å²) in [7, 11) is 0. The largest absolute Gasteiger partial charge is 0.491 e. The van der Waals surface area contributed by atoms with Crippen LogP contribution < -0.4 is 15.4 Å². The fourth-order valence-electron chi connectivity index (χ4n) is 8.96. The van der Waals surface area contributed by atoms with Gasteiger partial charge >= 0.3 is 5.97 Å². The number of nitrogens with one attached hydrogen (secondary N) is 2. The van der Waals surface area contributed by atoms with Gasteiger partial charge in [-0.15, -0.1) is 0 Å². The maximum absolute atomic E-state index is 15.5. The van der Waals surface area contributed by atoms with Crippen LogP contribution in [0.25, 0.3) is 10.2 Å². The van der Waals surface area contributed by atoms with Crippen molar-refractivity contribution >= 4 is 50.2 Å². The summed E-state index contributed by atoms with van der Waals surface area (Å²) in [5, 5.41) is 25.9. The lowest BCUT2D eigenvalue weighted by atomic mass is 9.65. The van der Waals surface area contributed by atoms with Crippen LogP contribution in [-0.2, 0) is 24.5 Å². The maximum atomic E-state index is 15.5. The summed E-state index contributed by atoms with van der Waals surface area (Å²) in [6.07, 6.45) is -0.602. The number of hydrogen-bond donors (Lipinski definition) is 4. The molecule has 0 bridgehead atoms. The second-order valence-electron chi connectivity index (χ2n) is 14.3. The molecule has 290 valence electrons. The van der Waals surface area contributed by atoms with Crippen LogP contribution in [0, 0.1) is 17.8 Å². The summed E-state index contributed by atoms with van der Waals surface area (Å²) in [6, 6.07) is 36.2. The number of cyclic esters (lactones) is 1. The maximum Gasteiger partial charge on any atom is 0.324 e. The van der Waals surface area contributed by atoms with Gasteiger partial charge in [-0.25, -0.2) is 4.98 Å². The van der Waals surface area contributed by atoms with Crippen molar-refractivity contribution in [1.82, 2.24) is 9.88 Å². The summed E-state index contributed by atoms with van der Waals surface area (Å²) >= 11 is 1.29. The molecule has 5 aromatic carbocycles. The quantitative estimate of drug-likeness (QED) is 0.0977. The van der Waals surface area contributed by atoms with E-state index in [-0.39, 0.29) is 26.2 Å². The zero-order valence-corrected chi connectivity index (χ0v) is 31.9. The minimum Gasteiger partial charge on any atom is -0.491 e. The van der Waals surface area contributed by atoms with E-state index in [9.17, 15) is 10.2 Å². The summed E-state index contributed by atoms with van der Waals surface area (Å²) in [4.78, 5) is 52.7. The molecule has 58 heavy (non-hydrogen) atoms.